The Hall–Kier alpha value is -2.20. The molecule has 1 aliphatic rings. The summed E-state index contributed by atoms with van der Waals surface area (Å²) in [7, 11) is -2.06. The predicted molar refractivity (Wildman–Crippen MR) is 118 cm³/mol. The summed E-state index contributed by atoms with van der Waals surface area (Å²) in [5, 5.41) is 3.52. The molecule has 1 aromatic heterocycles. The van der Waals surface area contributed by atoms with Crippen molar-refractivity contribution in [3.63, 3.8) is 0 Å². The zero-order valence-electron chi connectivity index (χ0n) is 16.2. The van der Waals surface area contributed by atoms with Crippen LogP contribution in [0.25, 0.3) is 10.2 Å². The van der Waals surface area contributed by atoms with Gasteiger partial charge in [0.15, 0.2) is 5.13 Å². The van der Waals surface area contributed by atoms with Gasteiger partial charge in [-0.15, -0.1) is 0 Å². The zero-order chi connectivity index (χ0) is 21.3. The second-order valence-corrected chi connectivity index (χ2v) is 10.3. The number of thiazole rings is 1. The Morgan fingerprint density at radius 1 is 1.17 bits per heavy atom. The molecule has 1 saturated heterocycles. The third-order valence-electron chi connectivity index (χ3n) is 4.94. The highest BCUT2D eigenvalue weighted by molar-refractivity contribution is 7.89. The van der Waals surface area contributed by atoms with Crippen LogP contribution in [-0.4, -0.2) is 43.8 Å². The highest BCUT2D eigenvalue weighted by Crippen LogP contribution is 2.31. The summed E-state index contributed by atoms with van der Waals surface area (Å²) < 4.78 is 33.3. The van der Waals surface area contributed by atoms with Crippen molar-refractivity contribution in [1.82, 2.24) is 9.29 Å². The molecule has 158 valence electrons. The lowest BCUT2D eigenvalue weighted by Gasteiger charge is -2.25. The Bertz CT molecular complexity index is 1200. The number of anilines is 1. The second-order valence-electron chi connectivity index (χ2n) is 6.91. The molecule has 0 aliphatic carbocycles. The normalized spacial score (nSPS) is 15.3. The van der Waals surface area contributed by atoms with Crippen LogP contribution in [0.15, 0.2) is 41.3 Å². The van der Waals surface area contributed by atoms with Gasteiger partial charge in [0.2, 0.25) is 10.0 Å². The smallest absolute Gasteiger partial charge is 0.261 e. The lowest BCUT2D eigenvalue weighted by molar-refractivity contribution is 0.102. The standard InChI is InChI=1S/C20H20ClN3O4S2/c1-28-17-8-5-13(21)11-15(17)19(25)23-20-22-16-7-6-14(12-18(16)29-20)30(26,27)24-9-3-2-4-10-24/h5-8,11-12H,2-4,9-10H2,1H3,(H,22,23,25). The first kappa shape index (κ1) is 21.0. The molecule has 0 bridgehead atoms. The minimum atomic E-state index is -3.53. The van der Waals surface area contributed by atoms with Gasteiger partial charge < -0.3 is 4.74 Å². The second kappa shape index (κ2) is 8.50. The van der Waals surface area contributed by atoms with Crippen LogP contribution in [0.1, 0.15) is 29.6 Å². The van der Waals surface area contributed by atoms with Crippen molar-refractivity contribution in [1.29, 1.82) is 0 Å². The van der Waals surface area contributed by atoms with E-state index in [1.165, 1.54) is 28.8 Å². The van der Waals surface area contributed by atoms with Gasteiger partial charge in [-0.3, -0.25) is 10.1 Å². The van der Waals surface area contributed by atoms with Crippen molar-refractivity contribution < 1.29 is 17.9 Å². The highest BCUT2D eigenvalue weighted by atomic mass is 35.5. The van der Waals surface area contributed by atoms with Gasteiger partial charge in [0, 0.05) is 18.1 Å². The molecule has 1 aliphatic heterocycles. The van der Waals surface area contributed by atoms with Crippen LogP contribution in [0.2, 0.25) is 5.02 Å². The van der Waals surface area contributed by atoms with E-state index in [-0.39, 0.29) is 10.5 Å². The van der Waals surface area contributed by atoms with E-state index >= 15 is 0 Å². The molecule has 1 N–H and O–H groups in total. The van der Waals surface area contributed by atoms with Crippen molar-refractivity contribution in [2.45, 2.75) is 24.2 Å². The lowest BCUT2D eigenvalue weighted by atomic mass is 10.2. The number of nitrogens with zero attached hydrogens (tertiary/aromatic N) is 2. The fourth-order valence-corrected chi connectivity index (χ4v) is 6.09. The molecule has 7 nitrogen and oxygen atoms in total. The average molecular weight is 466 g/mol. The number of methoxy groups -OCH3 is 1. The van der Waals surface area contributed by atoms with Crippen LogP contribution in [0.5, 0.6) is 5.75 Å². The Balaban J connectivity index is 1.60. The maximum absolute atomic E-state index is 12.9. The monoisotopic (exact) mass is 465 g/mol. The molecule has 1 fully saturated rings. The van der Waals surface area contributed by atoms with Gasteiger partial charge in [-0.25, -0.2) is 13.4 Å². The van der Waals surface area contributed by atoms with Crippen LogP contribution < -0.4 is 10.1 Å². The van der Waals surface area contributed by atoms with Gasteiger partial charge in [-0.1, -0.05) is 29.4 Å². The minimum absolute atomic E-state index is 0.245. The zero-order valence-corrected chi connectivity index (χ0v) is 18.6. The predicted octanol–water partition coefficient (Wildman–Crippen LogP) is 4.39. The molecular formula is C20H20ClN3O4S2. The minimum Gasteiger partial charge on any atom is -0.496 e. The number of sulfonamides is 1. The number of nitrogens with one attached hydrogen (secondary N) is 1. The van der Waals surface area contributed by atoms with E-state index in [0.29, 0.717) is 39.2 Å². The molecule has 0 radical (unpaired) electrons. The largest absolute Gasteiger partial charge is 0.496 e. The maximum atomic E-state index is 12.9. The Kier molecular flexibility index (Phi) is 5.97. The Morgan fingerprint density at radius 2 is 1.93 bits per heavy atom. The van der Waals surface area contributed by atoms with E-state index in [0.717, 1.165) is 19.3 Å². The fourth-order valence-electron chi connectivity index (χ4n) is 3.40. The number of carbonyl (C=O) groups is 1. The number of hydrogen-bond acceptors (Lipinski definition) is 6. The maximum Gasteiger partial charge on any atom is 0.261 e. The lowest BCUT2D eigenvalue weighted by Crippen LogP contribution is -2.35. The van der Waals surface area contributed by atoms with Crippen molar-refractivity contribution in [3.8, 4) is 5.75 Å². The molecule has 0 unspecified atom stereocenters. The topological polar surface area (TPSA) is 88.6 Å². The summed E-state index contributed by atoms with van der Waals surface area (Å²) in [5.41, 5.74) is 0.906. The van der Waals surface area contributed by atoms with Gasteiger partial charge >= 0.3 is 0 Å². The van der Waals surface area contributed by atoms with E-state index in [1.807, 2.05) is 0 Å². The molecule has 3 aromatic rings. The number of carbonyl (C=O) groups excluding carboxylic acids is 1. The summed E-state index contributed by atoms with van der Waals surface area (Å²) in [6.07, 6.45) is 2.82. The Labute approximate surface area is 183 Å². The molecule has 0 atom stereocenters. The van der Waals surface area contributed by atoms with Crippen molar-refractivity contribution in [3.05, 3.63) is 47.0 Å². The van der Waals surface area contributed by atoms with Gasteiger partial charge in [0.05, 0.1) is 27.8 Å². The van der Waals surface area contributed by atoms with Gasteiger partial charge in [-0.2, -0.15) is 4.31 Å². The van der Waals surface area contributed by atoms with E-state index < -0.39 is 15.9 Å². The van der Waals surface area contributed by atoms with Crippen molar-refractivity contribution in [2.24, 2.45) is 0 Å². The van der Waals surface area contributed by atoms with Crippen molar-refractivity contribution in [2.75, 3.05) is 25.5 Å². The summed E-state index contributed by atoms with van der Waals surface area (Å²) in [5.74, 6) is -0.0116. The molecule has 0 spiro atoms. The van der Waals surface area contributed by atoms with Gasteiger partial charge in [0.25, 0.3) is 5.91 Å². The summed E-state index contributed by atoms with van der Waals surface area (Å²) in [6.45, 7) is 1.09. The number of halogens is 1. The van der Waals surface area contributed by atoms with E-state index in [1.54, 1.807) is 30.3 Å². The van der Waals surface area contributed by atoms with E-state index in [9.17, 15) is 13.2 Å². The first-order valence-corrected chi connectivity index (χ1v) is 12.1. The van der Waals surface area contributed by atoms with Crippen LogP contribution in [0.4, 0.5) is 5.13 Å². The first-order chi connectivity index (χ1) is 14.4. The number of rotatable bonds is 5. The molecule has 30 heavy (non-hydrogen) atoms. The highest BCUT2D eigenvalue weighted by Gasteiger charge is 2.26. The molecule has 4 rings (SSSR count). The molecule has 0 saturated carbocycles. The number of ether oxygens (including phenoxy) is 1. The summed E-state index contributed by atoms with van der Waals surface area (Å²) in [6, 6.07) is 9.63. The number of hydrogen-bond donors (Lipinski definition) is 1. The molecular weight excluding hydrogens is 446 g/mol. The first-order valence-electron chi connectivity index (χ1n) is 9.44. The molecule has 10 heteroatoms. The molecule has 2 aromatic carbocycles. The third kappa shape index (κ3) is 4.15. The SMILES string of the molecule is COc1ccc(Cl)cc1C(=O)Nc1nc2ccc(S(=O)(=O)N3CCCCC3)cc2s1. The van der Waals surface area contributed by atoms with Crippen LogP contribution >= 0.6 is 22.9 Å². The van der Waals surface area contributed by atoms with E-state index in [4.69, 9.17) is 16.3 Å². The fraction of sp³-hybridized carbons (Fsp3) is 0.300. The number of fused-ring (bicyclic) bond motifs is 1. The molecule has 1 amide bonds. The van der Waals surface area contributed by atoms with Gasteiger partial charge in [-0.05, 0) is 49.2 Å². The third-order valence-corrected chi connectivity index (χ3v) is 8.00. The molecule has 2 heterocycles. The number of aromatic nitrogens is 1. The average Bonchev–Trinajstić information content (AvgIpc) is 3.15. The van der Waals surface area contributed by atoms with E-state index in [2.05, 4.69) is 10.3 Å². The summed E-state index contributed by atoms with van der Waals surface area (Å²) >= 11 is 7.21. The van der Waals surface area contributed by atoms with Crippen LogP contribution in [-0.2, 0) is 10.0 Å². The number of benzene rings is 2. The van der Waals surface area contributed by atoms with Crippen molar-refractivity contribution >= 4 is 54.2 Å². The number of piperidine rings is 1. The summed E-state index contributed by atoms with van der Waals surface area (Å²) in [4.78, 5) is 17.3. The quantitative estimate of drug-likeness (QED) is 0.603. The van der Waals surface area contributed by atoms with Gasteiger partial charge in [0.1, 0.15) is 5.75 Å². The number of amides is 1. The Morgan fingerprint density at radius 3 is 2.67 bits per heavy atom. The van der Waals surface area contributed by atoms with Crippen LogP contribution in [0, 0.1) is 0 Å². The van der Waals surface area contributed by atoms with Crippen LogP contribution in [0.3, 0.4) is 0 Å².